The van der Waals surface area contributed by atoms with Crippen LogP contribution in [0.3, 0.4) is 0 Å². The molecule has 14 heavy (non-hydrogen) atoms. The van der Waals surface area contributed by atoms with Crippen LogP contribution >= 0.6 is 0 Å². The SMILES string of the molecule is CC1(C)C(C#N)=C(C=O)C(C)(C)N1[O]. The fourth-order valence-corrected chi connectivity index (χ4v) is 1.95. The van der Waals surface area contributed by atoms with Gasteiger partial charge in [-0.15, -0.1) is 10.3 Å². The summed E-state index contributed by atoms with van der Waals surface area (Å²) in [7, 11) is 0. The molecule has 0 amide bonds. The Morgan fingerprint density at radius 3 is 2.07 bits per heavy atom. The van der Waals surface area contributed by atoms with Crippen LogP contribution < -0.4 is 0 Å². The number of nitrogens with zero attached hydrogens (tertiary/aromatic N) is 2. The third kappa shape index (κ3) is 1.10. The summed E-state index contributed by atoms with van der Waals surface area (Å²) in [5, 5.41) is 21.6. The first kappa shape index (κ1) is 10.9. The third-order valence-corrected chi connectivity index (χ3v) is 2.79. The first-order chi connectivity index (χ1) is 6.30. The second kappa shape index (κ2) is 2.91. The van der Waals surface area contributed by atoms with Gasteiger partial charge in [-0.1, -0.05) is 0 Å². The molecule has 0 unspecified atom stereocenters. The van der Waals surface area contributed by atoms with Gasteiger partial charge in [0, 0.05) is 5.57 Å². The van der Waals surface area contributed by atoms with Crippen molar-refractivity contribution < 1.29 is 10.0 Å². The van der Waals surface area contributed by atoms with Gasteiger partial charge in [0.05, 0.1) is 22.7 Å². The molecule has 4 heteroatoms. The fraction of sp³-hybridized carbons (Fsp3) is 0.600. The minimum atomic E-state index is -0.908. The Bertz CT molecular complexity index is 348. The average molecular weight is 193 g/mol. The standard InChI is InChI=1S/C10H13N2O2/c1-9(2)7(5-11)8(6-13)10(3,4)12(9)14/h6H,1-4H3. The van der Waals surface area contributed by atoms with Crippen molar-refractivity contribution in [3.05, 3.63) is 11.1 Å². The molecule has 0 fully saturated rings. The summed E-state index contributed by atoms with van der Waals surface area (Å²) < 4.78 is 0. The highest BCUT2D eigenvalue weighted by Crippen LogP contribution is 2.42. The number of hydrogen-bond donors (Lipinski definition) is 0. The third-order valence-electron chi connectivity index (χ3n) is 2.79. The van der Waals surface area contributed by atoms with Crippen molar-refractivity contribution >= 4 is 6.29 Å². The summed E-state index contributed by atoms with van der Waals surface area (Å²) in [6.07, 6.45) is 0.609. The molecule has 0 bridgehead atoms. The Morgan fingerprint density at radius 2 is 1.79 bits per heavy atom. The monoisotopic (exact) mass is 193 g/mol. The maximum absolute atomic E-state index is 11.9. The molecule has 1 aliphatic heterocycles. The van der Waals surface area contributed by atoms with Gasteiger partial charge < -0.3 is 0 Å². The number of carbonyl (C=O) groups excluding carboxylic acids is 1. The largest absolute Gasteiger partial charge is 0.298 e. The molecule has 0 aliphatic carbocycles. The zero-order valence-corrected chi connectivity index (χ0v) is 8.79. The van der Waals surface area contributed by atoms with Crippen LogP contribution in [-0.4, -0.2) is 22.4 Å². The zero-order chi connectivity index (χ0) is 11.1. The van der Waals surface area contributed by atoms with E-state index < -0.39 is 11.1 Å². The lowest BCUT2D eigenvalue weighted by molar-refractivity contribution is -0.239. The summed E-state index contributed by atoms with van der Waals surface area (Å²) in [4.78, 5) is 10.9. The number of rotatable bonds is 1. The van der Waals surface area contributed by atoms with E-state index in [0.29, 0.717) is 11.9 Å². The summed E-state index contributed by atoms with van der Waals surface area (Å²) in [5.41, 5.74) is -1.25. The smallest absolute Gasteiger partial charge is 0.149 e. The fourth-order valence-electron chi connectivity index (χ4n) is 1.95. The van der Waals surface area contributed by atoms with Crippen LogP contribution in [0.1, 0.15) is 27.7 Å². The Morgan fingerprint density at radius 1 is 1.29 bits per heavy atom. The van der Waals surface area contributed by atoms with Gasteiger partial charge in [0.2, 0.25) is 0 Å². The van der Waals surface area contributed by atoms with Gasteiger partial charge in [0.15, 0.2) is 0 Å². The molecular formula is C10H13N2O2. The molecule has 1 aliphatic rings. The Balaban J connectivity index is 3.45. The summed E-state index contributed by atoms with van der Waals surface area (Å²) in [6, 6.07) is 1.95. The van der Waals surface area contributed by atoms with Crippen molar-refractivity contribution in [2.45, 2.75) is 38.8 Å². The minimum absolute atomic E-state index is 0.271. The van der Waals surface area contributed by atoms with Gasteiger partial charge in [0.25, 0.3) is 0 Å². The summed E-state index contributed by atoms with van der Waals surface area (Å²) >= 11 is 0. The van der Waals surface area contributed by atoms with Gasteiger partial charge >= 0.3 is 0 Å². The first-order valence-corrected chi connectivity index (χ1v) is 4.38. The Labute approximate surface area is 83.4 Å². The lowest BCUT2D eigenvalue weighted by atomic mass is 9.92. The van der Waals surface area contributed by atoms with E-state index in [9.17, 15) is 10.0 Å². The molecule has 0 aromatic rings. The normalized spacial score (nSPS) is 24.9. The number of carbonyl (C=O) groups is 1. The van der Waals surface area contributed by atoms with Crippen LogP contribution in [0.25, 0.3) is 0 Å². The van der Waals surface area contributed by atoms with Crippen molar-refractivity contribution in [3.63, 3.8) is 0 Å². The van der Waals surface area contributed by atoms with Crippen LogP contribution in [0, 0.1) is 11.3 Å². The zero-order valence-electron chi connectivity index (χ0n) is 8.79. The number of hydroxylamine groups is 2. The van der Waals surface area contributed by atoms with Crippen molar-refractivity contribution in [1.29, 1.82) is 5.26 Å². The van der Waals surface area contributed by atoms with E-state index in [4.69, 9.17) is 5.26 Å². The molecular weight excluding hydrogens is 180 g/mol. The van der Waals surface area contributed by atoms with Gasteiger partial charge in [-0.05, 0) is 27.7 Å². The van der Waals surface area contributed by atoms with Crippen LogP contribution in [0.5, 0.6) is 0 Å². The van der Waals surface area contributed by atoms with Gasteiger partial charge in [0.1, 0.15) is 6.29 Å². The number of nitriles is 1. The van der Waals surface area contributed by atoms with E-state index in [2.05, 4.69) is 0 Å². The Hall–Kier alpha value is -1.18. The van der Waals surface area contributed by atoms with Gasteiger partial charge in [-0.25, -0.2) is 0 Å². The lowest BCUT2D eigenvalue weighted by Gasteiger charge is -2.33. The highest BCUT2D eigenvalue weighted by Gasteiger charge is 2.52. The van der Waals surface area contributed by atoms with Crippen LogP contribution in [0.15, 0.2) is 11.1 Å². The van der Waals surface area contributed by atoms with E-state index in [1.807, 2.05) is 6.07 Å². The lowest BCUT2D eigenvalue weighted by Crippen LogP contribution is -2.47. The van der Waals surface area contributed by atoms with Crippen LogP contribution in [0.2, 0.25) is 0 Å². The molecule has 0 aromatic heterocycles. The molecule has 0 saturated carbocycles. The molecule has 1 heterocycles. The maximum atomic E-state index is 11.9. The van der Waals surface area contributed by atoms with Crippen molar-refractivity contribution in [2.24, 2.45) is 0 Å². The second-order valence-corrected chi connectivity index (χ2v) is 4.43. The molecule has 1 radical (unpaired) electrons. The molecule has 0 saturated heterocycles. The predicted octanol–water partition coefficient (Wildman–Crippen LogP) is 1.22. The van der Waals surface area contributed by atoms with E-state index >= 15 is 0 Å². The maximum Gasteiger partial charge on any atom is 0.149 e. The molecule has 0 N–H and O–H groups in total. The number of hydrogen-bond acceptors (Lipinski definition) is 3. The van der Waals surface area contributed by atoms with Crippen molar-refractivity contribution in [2.75, 3.05) is 0 Å². The molecule has 0 atom stereocenters. The van der Waals surface area contributed by atoms with E-state index in [-0.39, 0.29) is 5.57 Å². The van der Waals surface area contributed by atoms with E-state index in [1.54, 1.807) is 27.7 Å². The summed E-state index contributed by atoms with van der Waals surface area (Å²) in [5.74, 6) is 0. The topological polar surface area (TPSA) is 64.0 Å². The molecule has 4 nitrogen and oxygen atoms in total. The Kier molecular flexibility index (Phi) is 2.26. The van der Waals surface area contributed by atoms with E-state index in [1.165, 1.54) is 0 Å². The van der Waals surface area contributed by atoms with Gasteiger partial charge in [-0.3, -0.25) is 4.79 Å². The second-order valence-electron chi connectivity index (χ2n) is 4.43. The first-order valence-electron chi connectivity index (χ1n) is 4.38. The van der Waals surface area contributed by atoms with Crippen LogP contribution in [-0.2, 0) is 10.0 Å². The van der Waals surface area contributed by atoms with Gasteiger partial charge in [-0.2, -0.15) is 5.26 Å². The molecule has 0 aromatic carbocycles. The van der Waals surface area contributed by atoms with E-state index in [0.717, 1.165) is 5.06 Å². The molecule has 1 rings (SSSR count). The van der Waals surface area contributed by atoms with Crippen molar-refractivity contribution in [1.82, 2.24) is 5.06 Å². The highest BCUT2D eigenvalue weighted by molar-refractivity contribution is 5.82. The van der Waals surface area contributed by atoms with Crippen LogP contribution in [0.4, 0.5) is 0 Å². The minimum Gasteiger partial charge on any atom is -0.298 e. The van der Waals surface area contributed by atoms with Crippen molar-refractivity contribution in [3.8, 4) is 6.07 Å². The molecule has 0 spiro atoms. The predicted molar refractivity (Wildman–Crippen MR) is 49.4 cm³/mol. The number of aldehydes is 1. The quantitative estimate of drug-likeness (QED) is 0.588. The molecule has 75 valence electrons. The highest BCUT2D eigenvalue weighted by atomic mass is 16.5. The summed E-state index contributed by atoms with van der Waals surface area (Å²) in [6.45, 7) is 6.60. The average Bonchev–Trinajstić information content (AvgIpc) is 2.22.